The molecule has 1 aromatic rings. The van der Waals surface area contributed by atoms with Crippen LogP contribution in [0.3, 0.4) is 0 Å². The lowest BCUT2D eigenvalue weighted by molar-refractivity contribution is 0.414. The van der Waals surface area contributed by atoms with Crippen molar-refractivity contribution in [3.05, 3.63) is 35.9 Å². The topological polar surface area (TPSA) is 29.5 Å². The zero-order valence-corrected chi connectivity index (χ0v) is 11.5. The van der Waals surface area contributed by atoms with Crippen molar-refractivity contribution in [2.45, 2.75) is 20.8 Å². The maximum Gasteiger partial charge on any atom is 0.123 e. The fourth-order valence-electron chi connectivity index (χ4n) is 1.19. The number of hydrogen-bond acceptors (Lipinski definition) is 3. The van der Waals surface area contributed by atoms with E-state index in [9.17, 15) is 5.11 Å². The van der Waals surface area contributed by atoms with Gasteiger partial charge in [-0.15, -0.1) is 0 Å². The molecule has 1 N–H and O–H groups in total. The van der Waals surface area contributed by atoms with Crippen molar-refractivity contribution in [1.82, 2.24) is 0 Å². The molecule has 0 aliphatic heterocycles. The van der Waals surface area contributed by atoms with Gasteiger partial charge in [0, 0.05) is 10.4 Å². The molecule has 3 heteroatoms. The molecule has 0 atom stereocenters. The molecule has 1 rings (SSSR count). The zero-order chi connectivity index (χ0) is 13.1. The molecule has 0 radical (unpaired) electrons. The van der Waals surface area contributed by atoms with E-state index < -0.39 is 0 Å². The highest BCUT2D eigenvalue weighted by Gasteiger charge is 2.15. The van der Waals surface area contributed by atoms with Gasteiger partial charge < -0.3 is 9.84 Å². The number of aliphatic hydroxyl groups is 1. The minimum Gasteiger partial charge on any atom is -0.507 e. The summed E-state index contributed by atoms with van der Waals surface area (Å²) in [6, 6.07) is 7.21. The second-order valence-corrected chi connectivity index (χ2v) is 5.31. The van der Waals surface area contributed by atoms with Gasteiger partial charge in [-0.3, -0.25) is 0 Å². The van der Waals surface area contributed by atoms with Gasteiger partial charge in [-0.05, 0) is 35.8 Å². The van der Waals surface area contributed by atoms with Crippen LogP contribution in [0.1, 0.15) is 26.3 Å². The molecule has 2 nitrogen and oxygen atoms in total. The Morgan fingerprint density at radius 1 is 1.24 bits per heavy atom. The fourth-order valence-corrected chi connectivity index (χ4v) is 1.30. The summed E-state index contributed by atoms with van der Waals surface area (Å²) in [7, 11) is 1.61. The molecule has 0 saturated heterocycles. The summed E-state index contributed by atoms with van der Waals surface area (Å²) in [5.74, 6) is 0.951. The van der Waals surface area contributed by atoms with Crippen molar-refractivity contribution >= 4 is 22.8 Å². The minimum absolute atomic E-state index is 0.115. The van der Waals surface area contributed by atoms with Crippen LogP contribution in [-0.2, 0) is 0 Å². The first-order chi connectivity index (χ1) is 7.84. The van der Waals surface area contributed by atoms with Gasteiger partial charge in [-0.2, -0.15) is 0 Å². The molecular weight excluding hydrogens is 232 g/mol. The van der Waals surface area contributed by atoms with Crippen LogP contribution in [0.4, 0.5) is 0 Å². The summed E-state index contributed by atoms with van der Waals surface area (Å²) >= 11 is 5.26. The van der Waals surface area contributed by atoms with Crippen molar-refractivity contribution in [3.63, 3.8) is 0 Å². The number of rotatable bonds is 3. The first-order valence-electron chi connectivity index (χ1n) is 5.44. The Bertz CT molecular complexity index is 425. The number of methoxy groups -OCH3 is 1. The third-order valence-corrected chi connectivity index (χ3v) is 3.12. The number of ether oxygens (including phenoxy) is 1. The lowest BCUT2D eigenvalue weighted by Gasteiger charge is -2.17. The molecule has 0 amide bonds. The third kappa shape index (κ3) is 3.86. The van der Waals surface area contributed by atoms with E-state index >= 15 is 0 Å². The van der Waals surface area contributed by atoms with Gasteiger partial charge in [0.05, 0.1) is 7.11 Å². The van der Waals surface area contributed by atoms with Crippen LogP contribution in [0, 0.1) is 5.41 Å². The molecule has 92 valence electrons. The summed E-state index contributed by atoms with van der Waals surface area (Å²) in [4.78, 5) is 0.728. The molecule has 0 aliphatic carbocycles. The van der Waals surface area contributed by atoms with Crippen LogP contribution in [0.5, 0.6) is 5.75 Å². The summed E-state index contributed by atoms with van der Waals surface area (Å²) < 4.78 is 5.06. The second-order valence-electron chi connectivity index (χ2n) is 4.87. The smallest absolute Gasteiger partial charge is 0.123 e. The summed E-state index contributed by atoms with van der Waals surface area (Å²) in [5.41, 5.74) is 0.618. The summed E-state index contributed by atoms with van der Waals surface area (Å²) in [5, 5.41) is 9.95. The molecule has 0 saturated carbocycles. The molecule has 0 spiro atoms. The van der Waals surface area contributed by atoms with E-state index in [1.165, 1.54) is 0 Å². The van der Waals surface area contributed by atoms with Crippen LogP contribution in [0.15, 0.2) is 30.3 Å². The lowest BCUT2D eigenvalue weighted by atomic mass is 9.91. The van der Waals surface area contributed by atoms with Gasteiger partial charge in [0.15, 0.2) is 0 Å². The Kier molecular flexibility index (Phi) is 4.29. The van der Waals surface area contributed by atoms with E-state index in [1.54, 1.807) is 37.5 Å². The van der Waals surface area contributed by atoms with E-state index in [2.05, 4.69) is 0 Å². The summed E-state index contributed by atoms with van der Waals surface area (Å²) in [6.45, 7) is 6.06. The van der Waals surface area contributed by atoms with Gasteiger partial charge in [-0.25, -0.2) is 0 Å². The Morgan fingerprint density at radius 2 is 1.76 bits per heavy atom. The average molecular weight is 250 g/mol. The van der Waals surface area contributed by atoms with Crippen LogP contribution < -0.4 is 4.74 Å². The van der Waals surface area contributed by atoms with E-state index in [0.717, 1.165) is 16.2 Å². The highest BCUT2D eigenvalue weighted by molar-refractivity contribution is 7.80. The average Bonchev–Trinajstić information content (AvgIpc) is 2.27. The zero-order valence-electron chi connectivity index (χ0n) is 10.7. The summed E-state index contributed by atoms with van der Waals surface area (Å²) in [6.07, 6.45) is 1.64. The number of aliphatic hydroxyl groups excluding tert-OH is 1. The van der Waals surface area contributed by atoms with Crippen molar-refractivity contribution in [1.29, 1.82) is 0 Å². The van der Waals surface area contributed by atoms with Crippen LogP contribution in [0.2, 0.25) is 0 Å². The van der Waals surface area contributed by atoms with E-state index in [0.29, 0.717) is 0 Å². The number of allylic oxidation sites excluding steroid dienone is 1. The quantitative estimate of drug-likeness (QED) is 0.499. The standard InChI is InChI=1S/C14H18O2S/c1-14(2,3)13(17)9-12(15)10-5-7-11(16-4)8-6-10/h5-9,15H,1-4H3/b12-9+. The van der Waals surface area contributed by atoms with Gasteiger partial charge in [0.25, 0.3) is 0 Å². The Morgan fingerprint density at radius 3 is 2.18 bits per heavy atom. The van der Waals surface area contributed by atoms with Crippen molar-refractivity contribution in [3.8, 4) is 5.75 Å². The van der Waals surface area contributed by atoms with Crippen molar-refractivity contribution in [2.75, 3.05) is 7.11 Å². The molecule has 17 heavy (non-hydrogen) atoms. The maximum absolute atomic E-state index is 9.95. The predicted molar refractivity (Wildman–Crippen MR) is 75.7 cm³/mol. The molecule has 1 aromatic carbocycles. The largest absolute Gasteiger partial charge is 0.507 e. The molecule has 0 aromatic heterocycles. The number of hydrogen-bond donors (Lipinski definition) is 1. The second kappa shape index (κ2) is 5.32. The molecule has 0 heterocycles. The molecular formula is C14H18O2S. The fraction of sp³-hybridized carbons (Fsp3) is 0.357. The first kappa shape index (κ1) is 13.7. The van der Waals surface area contributed by atoms with Crippen molar-refractivity contribution in [2.24, 2.45) is 5.41 Å². The van der Waals surface area contributed by atoms with Crippen LogP contribution in [0.25, 0.3) is 5.76 Å². The van der Waals surface area contributed by atoms with E-state index in [4.69, 9.17) is 17.0 Å². The van der Waals surface area contributed by atoms with Gasteiger partial charge in [0.2, 0.25) is 0 Å². The Labute approximate surface area is 108 Å². The monoisotopic (exact) mass is 250 g/mol. The molecule has 0 aliphatic rings. The van der Waals surface area contributed by atoms with E-state index in [1.807, 2.05) is 20.8 Å². The van der Waals surface area contributed by atoms with Gasteiger partial charge in [-0.1, -0.05) is 33.0 Å². The minimum atomic E-state index is -0.115. The van der Waals surface area contributed by atoms with Crippen molar-refractivity contribution < 1.29 is 9.84 Å². The third-order valence-electron chi connectivity index (χ3n) is 2.39. The van der Waals surface area contributed by atoms with Crippen LogP contribution >= 0.6 is 12.2 Å². The Balaban J connectivity index is 2.92. The highest BCUT2D eigenvalue weighted by Crippen LogP contribution is 2.21. The highest BCUT2D eigenvalue weighted by atomic mass is 32.1. The normalized spacial score (nSPS) is 12.4. The Hall–Kier alpha value is -1.35. The molecule has 0 fully saturated rings. The SMILES string of the molecule is COc1ccc(/C(O)=C\C(=S)C(C)(C)C)cc1. The van der Waals surface area contributed by atoms with Crippen LogP contribution in [-0.4, -0.2) is 17.1 Å². The maximum atomic E-state index is 9.95. The predicted octanol–water partition coefficient (Wildman–Crippen LogP) is 4.01. The van der Waals surface area contributed by atoms with Gasteiger partial charge in [0.1, 0.15) is 11.5 Å². The molecule has 0 unspecified atom stereocenters. The first-order valence-corrected chi connectivity index (χ1v) is 5.85. The van der Waals surface area contributed by atoms with E-state index in [-0.39, 0.29) is 11.2 Å². The lowest BCUT2D eigenvalue weighted by Crippen LogP contribution is -2.15. The van der Waals surface area contributed by atoms with Gasteiger partial charge >= 0.3 is 0 Å². The number of benzene rings is 1. The molecule has 0 bridgehead atoms. The number of thiocarbonyl (C=S) groups is 1.